The number of hydrogen-bond acceptors (Lipinski definition) is 2. The molecule has 0 radical (unpaired) electrons. The lowest BCUT2D eigenvalue weighted by molar-refractivity contribution is -0.166. The van der Waals surface area contributed by atoms with E-state index in [2.05, 4.69) is 13.8 Å². The predicted octanol–water partition coefficient (Wildman–Crippen LogP) is 2.56. The Morgan fingerprint density at radius 1 is 1.36 bits per heavy atom. The molecule has 0 amide bonds. The molecule has 2 aliphatic carbocycles. The fraction of sp³-hybridized carbons (Fsp3) is 0.917. The maximum atomic E-state index is 12.3. The maximum Gasteiger partial charge on any atom is 0.170 e. The molecule has 2 bridgehead atoms. The molecule has 80 valence electrons. The quantitative estimate of drug-likeness (QED) is 0.644. The van der Waals surface area contributed by atoms with Crippen LogP contribution in [0.5, 0.6) is 0 Å². The van der Waals surface area contributed by atoms with Gasteiger partial charge >= 0.3 is 0 Å². The first-order valence-electron chi connectivity index (χ1n) is 5.60. The van der Waals surface area contributed by atoms with Crippen molar-refractivity contribution in [3.8, 4) is 0 Å². The predicted molar refractivity (Wildman–Crippen MR) is 55.1 cm³/mol. The number of carbonyl (C=O) groups is 1. The second-order valence-electron chi connectivity index (χ2n) is 5.58. The molecule has 0 aromatic rings. The summed E-state index contributed by atoms with van der Waals surface area (Å²) >= 11 is 0. The molecule has 2 fully saturated rings. The molecule has 14 heavy (non-hydrogen) atoms. The van der Waals surface area contributed by atoms with Gasteiger partial charge in [0.05, 0.1) is 0 Å². The molecule has 0 N–H and O–H groups in total. The Balaban J connectivity index is 2.33. The van der Waals surface area contributed by atoms with Gasteiger partial charge in [0.25, 0.3) is 0 Å². The highest BCUT2D eigenvalue weighted by molar-refractivity contribution is 5.93. The highest BCUT2D eigenvalue weighted by Gasteiger charge is 2.53. The van der Waals surface area contributed by atoms with Crippen LogP contribution in [0, 0.1) is 11.3 Å². The zero-order chi connectivity index (χ0) is 10.4. The summed E-state index contributed by atoms with van der Waals surface area (Å²) < 4.78 is 5.55. The van der Waals surface area contributed by atoms with Gasteiger partial charge in [0.2, 0.25) is 0 Å². The van der Waals surface area contributed by atoms with Crippen LogP contribution in [0.25, 0.3) is 0 Å². The molecule has 2 rings (SSSR count). The summed E-state index contributed by atoms with van der Waals surface area (Å²) in [6.45, 7) is 4.14. The zero-order valence-corrected chi connectivity index (χ0v) is 9.43. The Labute approximate surface area is 86.0 Å². The number of rotatable bonds is 1. The van der Waals surface area contributed by atoms with E-state index in [4.69, 9.17) is 4.74 Å². The van der Waals surface area contributed by atoms with E-state index in [1.54, 1.807) is 7.11 Å². The van der Waals surface area contributed by atoms with Crippen molar-refractivity contribution in [2.75, 3.05) is 7.11 Å². The Hall–Kier alpha value is -0.370. The molecule has 2 atom stereocenters. The van der Waals surface area contributed by atoms with Crippen LogP contribution in [0.4, 0.5) is 0 Å². The molecule has 2 nitrogen and oxygen atoms in total. The summed E-state index contributed by atoms with van der Waals surface area (Å²) in [6, 6.07) is 0. The third-order valence-corrected chi connectivity index (χ3v) is 4.03. The minimum Gasteiger partial charge on any atom is -0.370 e. The standard InChI is InChI=1S/C12H20O2/c1-11(2)7-9-5-4-6-12(8-9,14-3)10(11)13/h9H,4-8H2,1-3H3/t9-,12+/m1/s1. The largest absolute Gasteiger partial charge is 0.370 e. The number of fused-ring (bicyclic) bond motifs is 2. The molecule has 2 heteroatoms. The number of carbonyl (C=O) groups excluding carboxylic acids is 1. The van der Waals surface area contributed by atoms with E-state index < -0.39 is 5.60 Å². The summed E-state index contributed by atoms with van der Waals surface area (Å²) in [6.07, 6.45) is 5.38. The van der Waals surface area contributed by atoms with E-state index in [1.807, 2.05) is 0 Å². The van der Waals surface area contributed by atoms with Gasteiger partial charge in [-0.3, -0.25) is 4.79 Å². The van der Waals surface area contributed by atoms with E-state index >= 15 is 0 Å². The number of methoxy groups -OCH3 is 1. The number of ketones is 1. The molecule has 0 aromatic heterocycles. The maximum absolute atomic E-state index is 12.3. The van der Waals surface area contributed by atoms with Gasteiger partial charge < -0.3 is 4.74 Å². The molecular weight excluding hydrogens is 176 g/mol. The number of Topliss-reactive ketones (excluding diaryl/α,β-unsaturated/α-hetero) is 1. The normalized spacial score (nSPS) is 41.1. The zero-order valence-electron chi connectivity index (χ0n) is 9.43. The number of ether oxygens (including phenoxy) is 1. The topological polar surface area (TPSA) is 26.3 Å². The second-order valence-corrected chi connectivity index (χ2v) is 5.58. The Morgan fingerprint density at radius 2 is 2.07 bits per heavy atom. The van der Waals surface area contributed by atoms with Crippen molar-refractivity contribution in [3.63, 3.8) is 0 Å². The summed E-state index contributed by atoms with van der Waals surface area (Å²) in [7, 11) is 1.70. The lowest BCUT2D eigenvalue weighted by Crippen LogP contribution is -2.55. The van der Waals surface area contributed by atoms with Crippen molar-refractivity contribution in [1.82, 2.24) is 0 Å². The molecule has 2 aliphatic rings. The minimum atomic E-state index is -0.426. The summed E-state index contributed by atoms with van der Waals surface area (Å²) in [5.74, 6) is 1.04. The van der Waals surface area contributed by atoms with Crippen molar-refractivity contribution in [2.45, 2.75) is 51.6 Å². The Bertz CT molecular complexity index is 257. The Morgan fingerprint density at radius 3 is 2.71 bits per heavy atom. The van der Waals surface area contributed by atoms with E-state index in [0.29, 0.717) is 11.7 Å². The summed E-state index contributed by atoms with van der Waals surface area (Å²) in [4.78, 5) is 12.3. The van der Waals surface area contributed by atoms with Gasteiger partial charge in [-0.2, -0.15) is 0 Å². The van der Waals surface area contributed by atoms with Gasteiger partial charge in [0.1, 0.15) is 5.60 Å². The highest BCUT2D eigenvalue weighted by atomic mass is 16.5. The molecule has 0 spiro atoms. The summed E-state index contributed by atoms with van der Waals surface area (Å²) in [5.41, 5.74) is -0.593. The fourth-order valence-electron chi connectivity index (χ4n) is 3.44. The van der Waals surface area contributed by atoms with Crippen LogP contribution in [-0.4, -0.2) is 18.5 Å². The smallest absolute Gasteiger partial charge is 0.170 e. The van der Waals surface area contributed by atoms with E-state index in [0.717, 1.165) is 25.7 Å². The van der Waals surface area contributed by atoms with Gasteiger partial charge in [0, 0.05) is 12.5 Å². The molecule has 0 aliphatic heterocycles. The van der Waals surface area contributed by atoms with Gasteiger partial charge in [-0.1, -0.05) is 20.3 Å². The molecule has 0 saturated heterocycles. The van der Waals surface area contributed by atoms with E-state index in [1.165, 1.54) is 6.42 Å². The first kappa shape index (κ1) is 10.2. The van der Waals surface area contributed by atoms with Crippen LogP contribution in [0.1, 0.15) is 46.0 Å². The monoisotopic (exact) mass is 196 g/mol. The van der Waals surface area contributed by atoms with Crippen molar-refractivity contribution in [1.29, 1.82) is 0 Å². The number of hydrogen-bond donors (Lipinski definition) is 0. The van der Waals surface area contributed by atoms with Crippen LogP contribution in [0.3, 0.4) is 0 Å². The van der Waals surface area contributed by atoms with Gasteiger partial charge in [0.15, 0.2) is 5.78 Å². The third-order valence-electron chi connectivity index (χ3n) is 4.03. The van der Waals surface area contributed by atoms with Gasteiger partial charge in [-0.25, -0.2) is 0 Å². The van der Waals surface area contributed by atoms with Crippen LogP contribution in [-0.2, 0) is 9.53 Å². The molecule has 0 heterocycles. The van der Waals surface area contributed by atoms with E-state index in [9.17, 15) is 4.79 Å². The van der Waals surface area contributed by atoms with Crippen LogP contribution >= 0.6 is 0 Å². The summed E-state index contributed by atoms with van der Waals surface area (Å²) in [5, 5.41) is 0. The van der Waals surface area contributed by atoms with Crippen molar-refractivity contribution in [3.05, 3.63) is 0 Å². The van der Waals surface area contributed by atoms with Crippen LogP contribution in [0.15, 0.2) is 0 Å². The molecular formula is C12H20O2. The van der Waals surface area contributed by atoms with Gasteiger partial charge in [-0.15, -0.1) is 0 Å². The minimum absolute atomic E-state index is 0.167. The molecule has 0 unspecified atom stereocenters. The van der Waals surface area contributed by atoms with Crippen LogP contribution in [0.2, 0.25) is 0 Å². The molecule has 2 saturated carbocycles. The molecule has 0 aromatic carbocycles. The first-order chi connectivity index (χ1) is 6.50. The van der Waals surface area contributed by atoms with E-state index in [-0.39, 0.29) is 5.41 Å². The first-order valence-corrected chi connectivity index (χ1v) is 5.60. The van der Waals surface area contributed by atoms with Crippen molar-refractivity contribution < 1.29 is 9.53 Å². The van der Waals surface area contributed by atoms with Gasteiger partial charge in [-0.05, 0) is 31.6 Å². The highest BCUT2D eigenvalue weighted by Crippen LogP contribution is 2.49. The average molecular weight is 196 g/mol. The fourth-order valence-corrected chi connectivity index (χ4v) is 3.44. The SMILES string of the molecule is CO[C@]12CCC[C@H](CC(C)(C)C1=O)C2. The lowest BCUT2D eigenvalue weighted by Gasteiger charge is -2.49. The van der Waals surface area contributed by atoms with Crippen molar-refractivity contribution >= 4 is 5.78 Å². The van der Waals surface area contributed by atoms with Crippen LogP contribution < -0.4 is 0 Å². The third kappa shape index (κ3) is 1.31. The Kier molecular flexibility index (Phi) is 2.22. The second kappa shape index (κ2) is 3.06. The average Bonchev–Trinajstić information content (AvgIpc) is 2.14. The van der Waals surface area contributed by atoms with Crippen molar-refractivity contribution in [2.24, 2.45) is 11.3 Å². The lowest BCUT2D eigenvalue weighted by atomic mass is 9.59.